The molecular formula is C15H15NO4S. The van der Waals surface area contributed by atoms with Gasteiger partial charge in [0.25, 0.3) is 5.91 Å². The van der Waals surface area contributed by atoms with Crippen LogP contribution in [-0.4, -0.2) is 23.6 Å². The molecule has 6 heteroatoms. The predicted octanol–water partition coefficient (Wildman–Crippen LogP) is 3.41. The van der Waals surface area contributed by atoms with E-state index in [0.29, 0.717) is 28.5 Å². The smallest absolute Gasteiger partial charge is 0.346 e. The molecule has 0 spiro atoms. The molecule has 0 bridgehead atoms. The van der Waals surface area contributed by atoms with Crippen LogP contribution in [0.5, 0.6) is 5.75 Å². The van der Waals surface area contributed by atoms with Crippen LogP contribution in [0.25, 0.3) is 0 Å². The Bertz CT molecular complexity index is 678. The number of hydrogen-bond donors (Lipinski definition) is 2. The number of para-hydroxylation sites is 1. The quantitative estimate of drug-likeness (QED) is 0.887. The van der Waals surface area contributed by atoms with Crippen molar-refractivity contribution in [3.8, 4) is 5.75 Å². The number of amides is 1. The summed E-state index contributed by atoms with van der Waals surface area (Å²) in [6.45, 7) is 4.01. The molecule has 0 aliphatic heterocycles. The fraction of sp³-hybridized carbons (Fsp3) is 0.200. The number of nitrogens with one attached hydrogen (secondary N) is 1. The zero-order valence-electron chi connectivity index (χ0n) is 11.7. The Morgan fingerprint density at radius 1 is 1.33 bits per heavy atom. The number of rotatable bonds is 5. The normalized spacial score (nSPS) is 10.2. The van der Waals surface area contributed by atoms with Crippen molar-refractivity contribution in [2.24, 2.45) is 0 Å². The first-order chi connectivity index (χ1) is 10.0. The first-order valence-corrected chi connectivity index (χ1v) is 7.21. The summed E-state index contributed by atoms with van der Waals surface area (Å²) in [6, 6.07) is 8.58. The third-order valence-electron chi connectivity index (χ3n) is 2.78. The van der Waals surface area contributed by atoms with Crippen molar-refractivity contribution in [3.63, 3.8) is 0 Å². The molecule has 0 unspecified atom stereocenters. The van der Waals surface area contributed by atoms with Crippen molar-refractivity contribution >= 4 is 28.2 Å². The number of aromatic carboxylic acids is 1. The van der Waals surface area contributed by atoms with Crippen molar-refractivity contribution < 1.29 is 19.4 Å². The molecule has 2 rings (SSSR count). The maximum Gasteiger partial charge on any atom is 0.346 e. The average Bonchev–Trinajstić information content (AvgIpc) is 2.80. The highest BCUT2D eigenvalue weighted by molar-refractivity contribution is 7.18. The lowest BCUT2D eigenvalue weighted by molar-refractivity contribution is 0.0701. The summed E-state index contributed by atoms with van der Waals surface area (Å²) < 4.78 is 5.41. The largest absolute Gasteiger partial charge is 0.493 e. The number of ether oxygens (including phenoxy) is 1. The third kappa shape index (κ3) is 3.41. The van der Waals surface area contributed by atoms with Gasteiger partial charge in [-0.3, -0.25) is 4.79 Å². The lowest BCUT2D eigenvalue weighted by Crippen LogP contribution is -2.12. The molecule has 0 radical (unpaired) electrons. The number of carboxylic acid groups (broad SMARTS) is 1. The fourth-order valence-electron chi connectivity index (χ4n) is 1.87. The molecule has 21 heavy (non-hydrogen) atoms. The number of carbonyl (C=O) groups is 2. The van der Waals surface area contributed by atoms with Crippen molar-refractivity contribution in [1.29, 1.82) is 0 Å². The van der Waals surface area contributed by atoms with E-state index in [-0.39, 0.29) is 10.8 Å². The summed E-state index contributed by atoms with van der Waals surface area (Å²) in [5.41, 5.74) is 1.04. The minimum atomic E-state index is -0.993. The van der Waals surface area contributed by atoms with E-state index in [1.165, 1.54) is 0 Å². The molecule has 5 nitrogen and oxygen atoms in total. The van der Waals surface area contributed by atoms with Gasteiger partial charge in [0.05, 0.1) is 17.2 Å². The van der Waals surface area contributed by atoms with Gasteiger partial charge in [0.15, 0.2) is 0 Å². The summed E-state index contributed by atoms with van der Waals surface area (Å²) >= 11 is 1.04. The van der Waals surface area contributed by atoms with Gasteiger partial charge in [-0.25, -0.2) is 4.79 Å². The van der Waals surface area contributed by atoms with Crippen LogP contribution in [0.1, 0.15) is 32.5 Å². The van der Waals surface area contributed by atoms with Crippen LogP contribution in [0.4, 0.5) is 5.00 Å². The number of benzene rings is 1. The molecule has 0 saturated carbocycles. The number of thiophene rings is 1. The Morgan fingerprint density at radius 3 is 2.67 bits per heavy atom. The van der Waals surface area contributed by atoms with Gasteiger partial charge >= 0.3 is 5.97 Å². The molecule has 2 aromatic rings. The standard InChI is InChI=1S/C15H15NO4S/c1-3-20-11-7-5-4-6-10(11)14(17)16-12-8-9(2)13(21-12)15(18)19/h4-8H,3H2,1-2H3,(H,16,17)(H,18,19). The number of carboxylic acids is 1. The molecule has 0 fully saturated rings. The highest BCUT2D eigenvalue weighted by Gasteiger charge is 2.16. The first-order valence-electron chi connectivity index (χ1n) is 6.39. The summed E-state index contributed by atoms with van der Waals surface area (Å²) in [6.07, 6.45) is 0. The van der Waals surface area contributed by atoms with E-state index in [9.17, 15) is 9.59 Å². The summed E-state index contributed by atoms with van der Waals surface area (Å²) in [5, 5.41) is 12.2. The van der Waals surface area contributed by atoms with E-state index >= 15 is 0 Å². The lowest BCUT2D eigenvalue weighted by Gasteiger charge is -2.09. The molecule has 2 N–H and O–H groups in total. The first kappa shape index (κ1) is 15.1. The Morgan fingerprint density at radius 2 is 2.05 bits per heavy atom. The number of aryl methyl sites for hydroxylation is 1. The zero-order valence-corrected chi connectivity index (χ0v) is 12.5. The molecule has 1 aromatic carbocycles. The van der Waals surface area contributed by atoms with Crippen LogP contribution < -0.4 is 10.1 Å². The van der Waals surface area contributed by atoms with E-state index < -0.39 is 5.97 Å². The molecule has 0 aliphatic carbocycles. The van der Waals surface area contributed by atoms with Gasteiger partial charge in [0, 0.05) is 0 Å². The predicted molar refractivity (Wildman–Crippen MR) is 81.6 cm³/mol. The monoisotopic (exact) mass is 305 g/mol. The zero-order chi connectivity index (χ0) is 15.4. The summed E-state index contributed by atoms with van der Waals surface area (Å²) in [5.74, 6) is -0.811. The van der Waals surface area contributed by atoms with Gasteiger partial charge in [-0.15, -0.1) is 11.3 Å². The van der Waals surface area contributed by atoms with Crippen molar-refractivity contribution in [3.05, 3.63) is 46.3 Å². The Balaban J connectivity index is 2.22. The SMILES string of the molecule is CCOc1ccccc1C(=O)Nc1cc(C)c(C(=O)O)s1. The van der Waals surface area contributed by atoms with Gasteiger partial charge in [-0.05, 0) is 37.6 Å². The van der Waals surface area contributed by atoms with E-state index in [2.05, 4.69) is 5.32 Å². The Labute approximate surface area is 126 Å². The van der Waals surface area contributed by atoms with E-state index in [1.54, 1.807) is 37.3 Å². The van der Waals surface area contributed by atoms with Crippen LogP contribution in [0.3, 0.4) is 0 Å². The second kappa shape index (κ2) is 6.41. The van der Waals surface area contributed by atoms with Crippen LogP contribution >= 0.6 is 11.3 Å². The maximum atomic E-state index is 12.3. The topological polar surface area (TPSA) is 75.6 Å². The molecule has 1 amide bonds. The fourth-order valence-corrected chi connectivity index (χ4v) is 2.78. The molecule has 110 valence electrons. The highest BCUT2D eigenvalue weighted by Crippen LogP contribution is 2.28. The lowest BCUT2D eigenvalue weighted by atomic mass is 10.2. The molecule has 0 aliphatic rings. The van der Waals surface area contributed by atoms with Crippen molar-refractivity contribution in [2.75, 3.05) is 11.9 Å². The summed E-state index contributed by atoms with van der Waals surface area (Å²) in [4.78, 5) is 23.5. The van der Waals surface area contributed by atoms with Gasteiger partial charge in [-0.2, -0.15) is 0 Å². The van der Waals surface area contributed by atoms with E-state index in [1.807, 2.05) is 6.92 Å². The second-order valence-corrected chi connectivity index (χ2v) is 5.36. The summed E-state index contributed by atoms with van der Waals surface area (Å²) in [7, 11) is 0. The Kier molecular flexibility index (Phi) is 4.59. The highest BCUT2D eigenvalue weighted by atomic mass is 32.1. The van der Waals surface area contributed by atoms with Crippen LogP contribution in [0.2, 0.25) is 0 Å². The molecule has 0 saturated heterocycles. The van der Waals surface area contributed by atoms with Crippen molar-refractivity contribution in [2.45, 2.75) is 13.8 Å². The van der Waals surface area contributed by atoms with Gasteiger partial charge in [-0.1, -0.05) is 12.1 Å². The van der Waals surface area contributed by atoms with Gasteiger partial charge in [0.1, 0.15) is 10.6 Å². The number of anilines is 1. The second-order valence-electron chi connectivity index (χ2n) is 4.31. The molecule has 1 heterocycles. The third-order valence-corrected chi connectivity index (χ3v) is 3.92. The van der Waals surface area contributed by atoms with Crippen LogP contribution in [0, 0.1) is 6.92 Å². The van der Waals surface area contributed by atoms with E-state index in [4.69, 9.17) is 9.84 Å². The maximum absolute atomic E-state index is 12.3. The molecular weight excluding hydrogens is 290 g/mol. The van der Waals surface area contributed by atoms with Crippen LogP contribution in [0.15, 0.2) is 30.3 Å². The minimum absolute atomic E-state index is 0.225. The van der Waals surface area contributed by atoms with Gasteiger partial charge < -0.3 is 15.2 Å². The van der Waals surface area contributed by atoms with E-state index in [0.717, 1.165) is 11.3 Å². The molecule has 0 atom stereocenters. The number of hydrogen-bond acceptors (Lipinski definition) is 4. The van der Waals surface area contributed by atoms with Crippen LogP contribution in [-0.2, 0) is 0 Å². The molecule has 1 aromatic heterocycles. The minimum Gasteiger partial charge on any atom is -0.493 e. The van der Waals surface area contributed by atoms with Gasteiger partial charge in [0.2, 0.25) is 0 Å². The number of carbonyl (C=O) groups excluding carboxylic acids is 1. The average molecular weight is 305 g/mol. The van der Waals surface area contributed by atoms with Crippen molar-refractivity contribution in [1.82, 2.24) is 0 Å². The Hall–Kier alpha value is -2.34.